The molecule has 3 aromatic carbocycles. The summed E-state index contributed by atoms with van der Waals surface area (Å²) in [6.07, 6.45) is 2.06. The molecule has 0 aliphatic carbocycles. The maximum atomic E-state index is 12.7. The molecule has 1 fully saturated rings. The average Bonchev–Trinajstić information content (AvgIpc) is 2.83. The van der Waals surface area contributed by atoms with E-state index in [1.165, 1.54) is 5.56 Å². The van der Waals surface area contributed by atoms with Crippen LogP contribution in [0.4, 0.5) is 16.2 Å². The Labute approximate surface area is 193 Å². The minimum atomic E-state index is -0.344. The highest BCUT2D eigenvalue weighted by Crippen LogP contribution is 2.35. The molecule has 1 heterocycles. The molecule has 0 spiro atoms. The van der Waals surface area contributed by atoms with Crippen molar-refractivity contribution in [1.29, 1.82) is 0 Å². The Morgan fingerprint density at radius 3 is 2.28 bits per heavy atom. The Balaban J connectivity index is 1.29. The van der Waals surface area contributed by atoms with Crippen molar-refractivity contribution in [2.45, 2.75) is 19.4 Å². The normalized spacial score (nSPS) is 14.8. The van der Waals surface area contributed by atoms with E-state index in [2.05, 4.69) is 29.2 Å². The molecule has 0 saturated carbocycles. The van der Waals surface area contributed by atoms with Crippen molar-refractivity contribution in [1.82, 2.24) is 4.90 Å². The minimum absolute atomic E-state index is 0.152. The summed E-state index contributed by atoms with van der Waals surface area (Å²) in [6, 6.07) is 27.0. The van der Waals surface area contributed by atoms with Crippen LogP contribution in [-0.2, 0) is 11.3 Å². The number of aromatic hydroxyl groups is 1. The molecule has 0 aromatic heterocycles. The van der Waals surface area contributed by atoms with Gasteiger partial charge in [0.2, 0.25) is 0 Å². The average molecular weight is 449 g/mol. The van der Waals surface area contributed by atoms with Gasteiger partial charge in [-0.15, -0.1) is 0 Å². The lowest BCUT2D eigenvalue weighted by atomic mass is 9.97. The molecular formula is C26H28N2O3S. The molecule has 0 bridgehead atoms. The third-order valence-corrected chi connectivity index (χ3v) is 6.48. The first-order valence-electron chi connectivity index (χ1n) is 10.9. The first-order chi connectivity index (χ1) is 15.7. The highest BCUT2D eigenvalue weighted by molar-refractivity contribution is 8.14. The van der Waals surface area contributed by atoms with Gasteiger partial charge in [0, 0.05) is 12.6 Å². The third kappa shape index (κ3) is 6.28. The highest BCUT2D eigenvalue weighted by atomic mass is 32.2. The molecule has 0 radical (unpaired) electrons. The summed E-state index contributed by atoms with van der Waals surface area (Å²) >= 11 is 1.00. The van der Waals surface area contributed by atoms with E-state index < -0.39 is 0 Å². The number of phenolic OH excluding ortho intramolecular Hbond substituents is 1. The van der Waals surface area contributed by atoms with Gasteiger partial charge in [0.15, 0.2) is 0 Å². The molecule has 1 aliphatic heterocycles. The Kier molecular flexibility index (Phi) is 7.69. The molecule has 5 nitrogen and oxygen atoms in total. The number of hydrogen-bond donors (Lipinski definition) is 1. The van der Waals surface area contributed by atoms with Gasteiger partial charge in [-0.3, -0.25) is 9.21 Å². The van der Waals surface area contributed by atoms with Gasteiger partial charge in [0.05, 0.1) is 29.9 Å². The summed E-state index contributed by atoms with van der Waals surface area (Å²) in [5.74, 6) is 0.539. The zero-order valence-corrected chi connectivity index (χ0v) is 18.8. The number of nitrogens with zero attached hydrogens (tertiary/aromatic N) is 2. The van der Waals surface area contributed by atoms with Gasteiger partial charge in [0.25, 0.3) is 0 Å². The zero-order valence-electron chi connectivity index (χ0n) is 18.0. The fourth-order valence-corrected chi connectivity index (χ4v) is 4.59. The topological polar surface area (TPSA) is 53.0 Å². The van der Waals surface area contributed by atoms with Gasteiger partial charge >= 0.3 is 5.30 Å². The summed E-state index contributed by atoms with van der Waals surface area (Å²) < 4.78 is 7.42. The quantitative estimate of drug-likeness (QED) is 0.342. The van der Waals surface area contributed by atoms with Gasteiger partial charge in [-0.25, -0.2) is 4.79 Å². The minimum Gasteiger partial charge on any atom is -0.508 e. The summed E-state index contributed by atoms with van der Waals surface area (Å²) in [7, 11) is 0. The number of rotatable bonds is 7. The third-order valence-electron chi connectivity index (χ3n) is 5.61. The molecule has 1 aliphatic rings. The predicted molar refractivity (Wildman–Crippen MR) is 130 cm³/mol. The van der Waals surface area contributed by atoms with Crippen LogP contribution in [0.15, 0.2) is 84.9 Å². The number of anilines is 2. The van der Waals surface area contributed by atoms with Crippen molar-refractivity contribution in [3.8, 4) is 5.75 Å². The van der Waals surface area contributed by atoms with Crippen LogP contribution in [0.2, 0.25) is 0 Å². The molecule has 6 heteroatoms. The second-order valence-corrected chi connectivity index (χ2v) is 8.89. The number of hydrogen-bond acceptors (Lipinski definition) is 6. The van der Waals surface area contributed by atoms with Crippen LogP contribution < -0.4 is 4.31 Å². The van der Waals surface area contributed by atoms with E-state index in [1.54, 1.807) is 22.5 Å². The van der Waals surface area contributed by atoms with Gasteiger partial charge < -0.3 is 9.84 Å². The summed E-state index contributed by atoms with van der Waals surface area (Å²) in [5, 5.41) is 9.53. The molecule has 3 aromatic rings. The van der Waals surface area contributed by atoms with Crippen molar-refractivity contribution < 1.29 is 14.6 Å². The SMILES string of the molecule is O=C(OCC1CCN(Cc2ccccc2)CC1)SN(c1ccccc1)c1cccc(O)c1. The summed E-state index contributed by atoms with van der Waals surface area (Å²) in [5.41, 5.74) is 2.89. The van der Waals surface area contributed by atoms with Gasteiger partial charge in [0.1, 0.15) is 5.75 Å². The number of benzene rings is 3. The van der Waals surface area contributed by atoms with Crippen LogP contribution in [0.1, 0.15) is 18.4 Å². The highest BCUT2D eigenvalue weighted by Gasteiger charge is 2.22. The number of likely N-dealkylation sites (tertiary alicyclic amines) is 1. The van der Waals surface area contributed by atoms with Crippen LogP contribution >= 0.6 is 11.9 Å². The van der Waals surface area contributed by atoms with E-state index in [0.717, 1.165) is 50.1 Å². The molecule has 32 heavy (non-hydrogen) atoms. The van der Waals surface area contributed by atoms with Crippen molar-refractivity contribution in [2.75, 3.05) is 24.0 Å². The van der Waals surface area contributed by atoms with E-state index in [0.29, 0.717) is 18.2 Å². The molecule has 1 saturated heterocycles. The second kappa shape index (κ2) is 11.1. The number of carbonyl (C=O) groups is 1. The van der Waals surface area contributed by atoms with E-state index in [1.807, 2.05) is 42.5 Å². The Bertz CT molecular complexity index is 992. The molecule has 166 valence electrons. The number of ether oxygens (including phenoxy) is 1. The van der Waals surface area contributed by atoms with Gasteiger partial charge in [-0.05, 0) is 61.7 Å². The van der Waals surface area contributed by atoms with Crippen LogP contribution in [0.3, 0.4) is 0 Å². The summed E-state index contributed by atoms with van der Waals surface area (Å²) in [4.78, 5) is 15.1. The van der Waals surface area contributed by atoms with Crippen LogP contribution in [0.5, 0.6) is 5.75 Å². The van der Waals surface area contributed by atoms with Crippen molar-refractivity contribution in [3.63, 3.8) is 0 Å². The first-order valence-corrected chi connectivity index (χ1v) is 11.7. The first kappa shape index (κ1) is 22.2. The maximum absolute atomic E-state index is 12.7. The number of phenols is 1. The lowest BCUT2D eigenvalue weighted by Crippen LogP contribution is -2.34. The number of piperidine rings is 1. The van der Waals surface area contributed by atoms with E-state index in [4.69, 9.17) is 4.74 Å². The standard InChI is InChI=1S/C26H28N2O3S/c29-25-13-7-12-24(18-25)28(23-10-5-2-6-11-23)32-26(30)31-20-22-14-16-27(17-15-22)19-21-8-3-1-4-9-21/h1-13,18,22,29H,14-17,19-20H2. The molecule has 4 rings (SSSR count). The van der Waals surface area contributed by atoms with Crippen molar-refractivity contribution in [3.05, 3.63) is 90.5 Å². The smallest absolute Gasteiger partial charge is 0.388 e. The van der Waals surface area contributed by atoms with Crippen LogP contribution in [0.25, 0.3) is 0 Å². The largest absolute Gasteiger partial charge is 0.508 e. The van der Waals surface area contributed by atoms with Crippen molar-refractivity contribution in [2.24, 2.45) is 5.92 Å². The number of carbonyl (C=O) groups excluding carboxylic acids is 1. The summed E-state index contributed by atoms with van der Waals surface area (Å²) in [6.45, 7) is 3.44. The number of para-hydroxylation sites is 1. The van der Waals surface area contributed by atoms with Gasteiger partial charge in [-0.1, -0.05) is 54.6 Å². The monoisotopic (exact) mass is 448 g/mol. The lowest BCUT2D eigenvalue weighted by Gasteiger charge is -2.31. The second-order valence-electron chi connectivity index (χ2n) is 8.01. The van der Waals surface area contributed by atoms with Crippen LogP contribution in [0, 0.1) is 5.92 Å². The fourth-order valence-electron chi connectivity index (χ4n) is 3.88. The molecule has 0 unspecified atom stereocenters. The van der Waals surface area contributed by atoms with E-state index in [-0.39, 0.29) is 11.1 Å². The van der Waals surface area contributed by atoms with Crippen LogP contribution in [-0.4, -0.2) is 35.0 Å². The van der Waals surface area contributed by atoms with E-state index >= 15 is 0 Å². The molecule has 0 atom stereocenters. The maximum Gasteiger partial charge on any atom is 0.388 e. The molecule has 1 N–H and O–H groups in total. The predicted octanol–water partition coefficient (Wildman–Crippen LogP) is 6.23. The lowest BCUT2D eigenvalue weighted by molar-refractivity contribution is 0.109. The van der Waals surface area contributed by atoms with Gasteiger partial charge in [-0.2, -0.15) is 0 Å². The molecule has 0 amide bonds. The van der Waals surface area contributed by atoms with E-state index in [9.17, 15) is 9.90 Å². The Morgan fingerprint density at radius 2 is 1.59 bits per heavy atom. The van der Waals surface area contributed by atoms with Crippen molar-refractivity contribution >= 4 is 28.6 Å². The Hall–Kier alpha value is -2.96. The molecular weight excluding hydrogens is 420 g/mol. The fraction of sp³-hybridized carbons (Fsp3) is 0.269. The Morgan fingerprint density at radius 1 is 0.938 bits per heavy atom. The zero-order chi connectivity index (χ0) is 22.2.